The van der Waals surface area contributed by atoms with Gasteiger partial charge in [-0.05, 0) is 64.6 Å². The highest BCUT2D eigenvalue weighted by atomic mass is 127. The summed E-state index contributed by atoms with van der Waals surface area (Å²) in [5.41, 5.74) is -17.2. The Morgan fingerprint density at radius 1 is 0.766 bits per heavy atom. The molecule has 47 heavy (non-hydrogen) atoms. The van der Waals surface area contributed by atoms with Crippen molar-refractivity contribution in [3.05, 3.63) is 91.6 Å². The summed E-state index contributed by atoms with van der Waals surface area (Å²) in [5, 5.41) is 1.88. The maximum atomic E-state index is 15.2. The maximum Gasteiger partial charge on any atom is 0.457 e. The molecule has 3 rings (SSSR count). The summed E-state index contributed by atoms with van der Waals surface area (Å²) >= 11 is 0.727. The van der Waals surface area contributed by atoms with E-state index in [1.54, 1.807) is 0 Å². The molecule has 0 saturated heterocycles. The molecule has 0 spiro atoms. The molecule has 21 heteroatoms. The van der Waals surface area contributed by atoms with Crippen LogP contribution in [0.1, 0.15) is 43.1 Å². The molecule has 2 aromatic carbocycles. The molecular weight excluding hydrogens is 803 g/mol. The highest BCUT2D eigenvalue weighted by molar-refractivity contribution is 14.1. The normalized spacial score (nSPS) is 14.5. The zero-order valence-corrected chi connectivity index (χ0v) is 24.2. The number of amides is 1. The summed E-state index contributed by atoms with van der Waals surface area (Å²) < 4.78 is 215. The first-order chi connectivity index (χ1) is 21.1. The van der Waals surface area contributed by atoms with Crippen molar-refractivity contribution in [2.75, 3.05) is 5.32 Å². The van der Waals surface area contributed by atoms with Crippen molar-refractivity contribution < 1.29 is 79.8 Å². The van der Waals surface area contributed by atoms with Gasteiger partial charge in [0.2, 0.25) is 0 Å². The second kappa shape index (κ2) is 12.4. The van der Waals surface area contributed by atoms with E-state index in [1.807, 2.05) is 5.32 Å². The number of hydrogen-bond acceptors (Lipinski definition) is 3. The number of ketones is 1. The minimum Gasteiger partial charge on any atom is -0.319 e. The van der Waals surface area contributed by atoms with Crippen LogP contribution in [0.4, 0.5) is 75.9 Å². The summed E-state index contributed by atoms with van der Waals surface area (Å²) in [6, 6.07) is 2.01. The van der Waals surface area contributed by atoms with Gasteiger partial charge in [-0.15, -0.1) is 0 Å². The van der Waals surface area contributed by atoms with Crippen LogP contribution in [0.15, 0.2) is 48.7 Å². The number of benzene rings is 2. The number of hydrogen-bond donors (Lipinski definition) is 1. The number of aromatic nitrogens is 1. The third kappa shape index (κ3) is 7.27. The molecule has 1 N–H and O–H groups in total. The van der Waals surface area contributed by atoms with Gasteiger partial charge in [0, 0.05) is 21.8 Å². The summed E-state index contributed by atoms with van der Waals surface area (Å²) in [5.74, 6) is -11.8. The topological polar surface area (TPSA) is 59.1 Å². The second-order valence-electron chi connectivity index (χ2n) is 9.36. The van der Waals surface area contributed by atoms with E-state index in [4.69, 9.17) is 0 Å². The van der Waals surface area contributed by atoms with Gasteiger partial charge in [-0.1, -0.05) is 6.07 Å². The Kier molecular flexibility index (Phi) is 9.98. The highest BCUT2D eigenvalue weighted by Gasteiger charge is 2.82. The van der Waals surface area contributed by atoms with E-state index in [1.165, 1.54) is 0 Å². The molecule has 0 radical (unpaired) electrons. The molecule has 1 atom stereocenters. The van der Waals surface area contributed by atoms with Gasteiger partial charge in [-0.3, -0.25) is 14.6 Å². The molecule has 1 heterocycles. The largest absolute Gasteiger partial charge is 0.457 e. The SMILES string of the molecule is O=C(Nc1cccc(C(=O)Cc2c(I)cc(C(F)(C(F)(F)F)C(F)(F)C(F)(F)F)cc2C(F)(F)F)c1F)c1ccc(C(F)(F)F)nc1. The Bertz CT molecular complexity index is 1680. The monoisotopic (exact) mass is 814 g/mol. The third-order valence-electron chi connectivity index (χ3n) is 6.28. The number of carbonyl (C=O) groups is 2. The fourth-order valence-electron chi connectivity index (χ4n) is 3.98. The predicted molar refractivity (Wildman–Crippen MR) is 136 cm³/mol. The molecule has 3 aromatic rings. The van der Waals surface area contributed by atoms with Crippen molar-refractivity contribution in [1.82, 2.24) is 4.98 Å². The molecule has 0 fully saturated rings. The van der Waals surface area contributed by atoms with Crippen LogP contribution in [0, 0.1) is 9.39 Å². The molecule has 4 nitrogen and oxygen atoms in total. The van der Waals surface area contributed by atoms with E-state index in [-0.39, 0.29) is 0 Å². The number of anilines is 1. The quantitative estimate of drug-likeness (QED) is 0.147. The highest BCUT2D eigenvalue weighted by Crippen LogP contribution is 2.59. The van der Waals surface area contributed by atoms with E-state index in [9.17, 15) is 75.4 Å². The van der Waals surface area contributed by atoms with E-state index in [0.29, 0.717) is 24.4 Å². The Morgan fingerprint density at radius 3 is 1.83 bits per heavy atom. The Hall–Kier alpha value is -3.66. The van der Waals surface area contributed by atoms with Crippen LogP contribution >= 0.6 is 22.6 Å². The number of rotatable bonds is 7. The molecule has 256 valence electrons. The fourth-order valence-corrected chi connectivity index (χ4v) is 4.79. The van der Waals surface area contributed by atoms with Crippen LogP contribution in [0.25, 0.3) is 0 Å². The fraction of sp³-hybridized carbons (Fsp3) is 0.269. The number of halogens is 17. The third-order valence-corrected chi connectivity index (χ3v) is 7.24. The van der Waals surface area contributed by atoms with Crippen LogP contribution in [-0.4, -0.2) is 34.9 Å². The summed E-state index contributed by atoms with van der Waals surface area (Å²) in [7, 11) is 0. The maximum absolute atomic E-state index is 15.2. The van der Waals surface area contributed by atoms with E-state index < -0.39 is 115 Å². The van der Waals surface area contributed by atoms with Crippen molar-refractivity contribution >= 4 is 40.0 Å². The lowest BCUT2D eigenvalue weighted by Gasteiger charge is -2.36. The second-order valence-corrected chi connectivity index (χ2v) is 10.5. The molecular formula is C26H11F16IN2O2. The van der Waals surface area contributed by atoms with Gasteiger partial charge in [0.15, 0.2) is 11.6 Å². The standard InChI is InChI=1S/C26H11F16IN2O2/c27-19-12(2-1-3-16(19)45-20(47)10-4-5-18(44-9-10)23(32,33)34)17(46)8-13-14(22(29,30)31)6-11(7-15(13)43)21(28,25(37,38)39)24(35,36)26(40,41)42/h1-7,9H,8H2,(H,45,47). The molecule has 0 bridgehead atoms. The molecule has 1 unspecified atom stereocenters. The van der Waals surface area contributed by atoms with Gasteiger partial charge in [0.1, 0.15) is 5.69 Å². The molecule has 1 aromatic heterocycles. The van der Waals surface area contributed by atoms with Gasteiger partial charge in [0.05, 0.1) is 22.4 Å². The smallest absolute Gasteiger partial charge is 0.319 e. The van der Waals surface area contributed by atoms with Crippen molar-refractivity contribution in [3.8, 4) is 0 Å². The van der Waals surface area contributed by atoms with E-state index in [2.05, 4.69) is 4.98 Å². The van der Waals surface area contributed by atoms with Gasteiger partial charge in [-0.25, -0.2) is 8.78 Å². The number of nitrogens with one attached hydrogen (secondary N) is 1. The van der Waals surface area contributed by atoms with Crippen molar-refractivity contribution in [1.29, 1.82) is 0 Å². The lowest BCUT2D eigenvalue weighted by molar-refractivity contribution is -0.389. The van der Waals surface area contributed by atoms with Crippen molar-refractivity contribution in [2.24, 2.45) is 0 Å². The minimum absolute atomic E-state index is 0.405. The first-order valence-corrected chi connectivity index (χ1v) is 13.0. The summed E-state index contributed by atoms with van der Waals surface area (Å²) in [6.45, 7) is 0. The molecule has 0 aliphatic heterocycles. The average molecular weight is 814 g/mol. The van der Waals surface area contributed by atoms with Crippen LogP contribution in [0.2, 0.25) is 0 Å². The molecule has 0 aliphatic carbocycles. The van der Waals surface area contributed by atoms with Crippen LogP contribution in [0.3, 0.4) is 0 Å². The van der Waals surface area contributed by atoms with Crippen LogP contribution in [-0.2, 0) is 24.4 Å². The van der Waals surface area contributed by atoms with Gasteiger partial charge in [-0.2, -0.15) is 61.5 Å². The Labute approximate surface area is 264 Å². The Balaban J connectivity index is 2.05. The molecule has 1 amide bonds. The van der Waals surface area contributed by atoms with Gasteiger partial charge in [0.25, 0.3) is 5.91 Å². The first-order valence-electron chi connectivity index (χ1n) is 11.9. The summed E-state index contributed by atoms with van der Waals surface area (Å²) in [4.78, 5) is 28.3. The minimum atomic E-state index is -7.30. The average Bonchev–Trinajstić information content (AvgIpc) is 2.92. The number of nitrogens with zero attached hydrogens (tertiary/aromatic N) is 1. The Morgan fingerprint density at radius 2 is 1.36 bits per heavy atom. The van der Waals surface area contributed by atoms with E-state index in [0.717, 1.165) is 34.7 Å². The zero-order chi connectivity index (χ0) is 36.1. The lowest BCUT2D eigenvalue weighted by atomic mass is 9.85. The number of pyridine rings is 1. The molecule has 0 aliphatic rings. The summed E-state index contributed by atoms with van der Waals surface area (Å²) in [6.07, 6.45) is -26.3. The number of alkyl halides is 15. The van der Waals surface area contributed by atoms with Crippen molar-refractivity contribution in [2.45, 2.75) is 42.7 Å². The van der Waals surface area contributed by atoms with Crippen LogP contribution in [0.5, 0.6) is 0 Å². The molecule has 0 saturated carbocycles. The lowest BCUT2D eigenvalue weighted by Crippen LogP contribution is -2.59. The van der Waals surface area contributed by atoms with Gasteiger partial charge < -0.3 is 5.32 Å². The van der Waals surface area contributed by atoms with E-state index >= 15 is 4.39 Å². The zero-order valence-electron chi connectivity index (χ0n) is 22.0. The first kappa shape index (κ1) is 37.8. The predicted octanol–water partition coefficient (Wildman–Crippen LogP) is 9.47. The van der Waals surface area contributed by atoms with Crippen LogP contribution < -0.4 is 5.32 Å². The number of Topliss-reactive ketones (excluding diaryl/α,β-unsaturated/α-hetero) is 1. The van der Waals surface area contributed by atoms with Crippen molar-refractivity contribution in [3.63, 3.8) is 0 Å². The van der Waals surface area contributed by atoms with Gasteiger partial charge >= 0.3 is 36.3 Å². The number of carbonyl (C=O) groups excluding carboxylic acids is 2.